The average molecular weight is 214 g/mol. The Morgan fingerprint density at radius 1 is 1.40 bits per heavy atom. The maximum absolute atomic E-state index is 11.6. The number of hydrogen-bond acceptors (Lipinski definition) is 3. The van der Waals surface area contributed by atoms with E-state index in [1.54, 1.807) is 11.9 Å². The Morgan fingerprint density at radius 2 is 2.00 bits per heavy atom. The lowest BCUT2D eigenvalue weighted by Gasteiger charge is -2.32. The van der Waals surface area contributed by atoms with Gasteiger partial charge in [-0.3, -0.25) is 0 Å². The van der Waals surface area contributed by atoms with Crippen molar-refractivity contribution in [3.8, 4) is 0 Å². The Balaban J connectivity index is 2.20. The van der Waals surface area contributed by atoms with E-state index in [0.29, 0.717) is 0 Å². The van der Waals surface area contributed by atoms with Crippen LogP contribution in [-0.4, -0.2) is 54.7 Å². The summed E-state index contributed by atoms with van der Waals surface area (Å²) in [6.45, 7) is 9.69. The van der Waals surface area contributed by atoms with Crippen LogP contribution in [0.3, 0.4) is 0 Å². The monoisotopic (exact) mass is 214 g/mol. The largest absolute Gasteiger partial charge is 0.444 e. The summed E-state index contributed by atoms with van der Waals surface area (Å²) >= 11 is 0. The maximum atomic E-state index is 11.6. The van der Waals surface area contributed by atoms with Gasteiger partial charge in [0, 0.05) is 20.1 Å². The first-order valence-corrected chi connectivity index (χ1v) is 5.55. The van der Waals surface area contributed by atoms with Crippen LogP contribution in [0.15, 0.2) is 0 Å². The van der Waals surface area contributed by atoms with E-state index in [2.05, 4.69) is 4.90 Å². The molecule has 0 spiro atoms. The molecule has 0 radical (unpaired) electrons. The van der Waals surface area contributed by atoms with Gasteiger partial charge in [-0.2, -0.15) is 0 Å². The molecule has 15 heavy (non-hydrogen) atoms. The predicted molar refractivity (Wildman–Crippen MR) is 59.9 cm³/mol. The summed E-state index contributed by atoms with van der Waals surface area (Å²) in [4.78, 5) is 15.5. The first-order valence-electron chi connectivity index (χ1n) is 5.55. The lowest BCUT2D eigenvalue weighted by Crippen LogP contribution is -2.44. The van der Waals surface area contributed by atoms with Gasteiger partial charge in [-0.1, -0.05) is 0 Å². The Hall–Kier alpha value is -0.770. The molecule has 0 bridgehead atoms. The van der Waals surface area contributed by atoms with Crippen LogP contribution in [0.5, 0.6) is 0 Å². The number of likely N-dealkylation sites (N-methyl/N-ethyl adjacent to an activating group) is 1. The predicted octanol–water partition coefficient (Wildman–Crippen LogP) is 1.56. The van der Waals surface area contributed by atoms with Crippen molar-refractivity contribution < 1.29 is 9.53 Å². The second-order valence-corrected chi connectivity index (χ2v) is 5.10. The van der Waals surface area contributed by atoms with Crippen LogP contribution in [-0.2, 0) is 4.74 Å². The SMILES string of the molecule is CN(CCN1CCC1)C(=O)OC(C)(C)C. The van der Waals surface area contributed by atoms with Gasteiger partial charge in [0.1, 0.15) is 5.60 Å². The highest BCUT2D eigenvalue weighted by molar-refractivity contribution is 5.67. The highest BCUT2D eigenvalue weighted by Crippen LogP contribution is 2.09. The zero-order valence-corrected chi connectivity index (χ0v) is 10.2. The van der Waals surface area contributed by atoms with Crippen molar-refractivity contribution in [3.63, 3.8) is 0 Å². The minimum Gasteiger partial charge on any atom is -0.444 e. The fraction of sp³-hybridized carbons (Fsp3) is 0.909. The van der Waals surface area contributed by atoms with Crippen LogP contribution in [0.2, 0.25) is 0 Å². The summed E-state index contributed by atoms with van der Waals surface area (Å²) in [5.41, 5.74) is -0.401. The molecule has 1 fully saturated rings. The van der Waals surface area contributed by atoms with Gasteiger partial charge in [0.15, 0.2) is 0 Å². The van der Waals surface area contributed by atoms with Crippen LogP contribution in [0, 0.1) is 0 Å². The molecule has 0 saturated carbocycles. The average Bonchev–Trinajstić information content (AvgIpc) is 1.97. The third-order valence-corrected chi connectivity index (χ3v) is 2.41. The number of amides is 1. The van der Waals surface area contributed by atoms with E-state index < -0.39 is 5.60 Å². The standard InChI is InChI=1S/C11H22N2O2/c1-11(2,3)15-10(14)12(4)8-9-13-6-5-7-13/h5-9H2,1-4H3. The first kappa shape index (κ1) is 12.3. The molecule has 1 aliphatic heterocycles. The van der Waals surface area contributed by atoms with E-state index >= 15 is 0 Å². The molecule has 0 aromatic rings. The Morgan fingerprint density at radius 3 is 2.40 bits per heavy atom. The molecule has 0 aliphatic carbocycles. The number of ether oxygens (including phenoxy) is 1. The molecular formula is C11H22N2O2. The zero-order valence-electron chi connectivity index (χ0n) is 10.2. The van der Waals surface area contributed by atoms with Crippen molar-refractivity contribution >= 4 is 6.09 Å². The van der Waals surface area contributed by atoms with Gasteiger partial charge in [-0.25, -0.2) is 4.79 Å². The summed E-state index contributed by atoms with van der Waals surface area (Å²) in [5.74, 6) is 0. The third-order valence-electron chi connectivity index (χ3n) is 2.41. The summed E-state index contributed by atoms with van der Waals surface area (Å²) in [6, 6.07) is 0. The second-order valence-electron chi connectivity index (χ2n) is 5.10. The second kappa shape index (κ2) is 4.84. The number of rotatable bonds is 3. The Labute approximate surface area is 92.2 Å². The topological polar surface area (TPSA) is 32.8 Å². The van der Waals surface area contributed by atoms with Crippen molar-refractivity contribution in [3.05, 3.63) is 0 Å². The normalized spacial score (nSPS) is 17.1. The third kappa shape index (κ3) is 4.51. The lowest BCUT2D eigenvalue weighted by molar-refractivity contribution is 0.0270. The van der Waals surface area contributed by atoms with Gasteiger partial charge in [-0.15, -0.1) is 0 Å². The van der Waals surface area contributed by atoms with E-state index in [9.17, 15) is 4.79 Å². The number of carbonyl (C=O) groups excluding carboxylic acids is 1. The van der Waals surface area contributed by atoms with Crippen molar-refractivity contribution in [1.82, 2.24) is 9.80 Å². The van der Waals surface area contributed by atoms with Crippen molar-refractivity contribution in [2.75, 3.05) is 33.2 Å². The van der Waals surface area contributed by atoms with E-state index in [0.717, 1.165) is 13.1 Å². The molecule has 88 valence electrons. The zero-order chi connectivity index (χ0) is 11.5. The summed E-state index contributed by atoms with van der Waals surface area (Å²) in [7, 11) is 1.79. The van der Waals surface area contributed by atoms with E-state index in [4.69, 9.17) is 4.74 Å². The van der Waals surface area contributed by atoms with Gasteiger partial charge in [-0.05, 0) is 40.3 Å². The van der Waals surface area contributed by atoms with Gasteiger partial charge < -0.3 is 14.5 Å². The molecule has 1 rings (SSSR count). The molecule has 0 N–H and O–H groups in total. The highest BCUT2D eigenvalue weighted by atomic mass is 16.6. The van der Waals surface area contributed by atoms with E-state index in [1.165, 1.54) is 19.5 Å². The van der Waals surface area contributed by atoms with E-state index in [-0.39, 0.29) is 6.09 Å². The molecule has 0 unspecified atom stereocenters. The number of likely N-dealkylation sites (tertiary alicyclic amines) is 1. The molecule has 1 heterocycles. The molecule has 1 amide bonds. The molecule has 0 aromatic heterocycles. The smallest absolute Gasteiger partial charge is 0.410 e. The Kier molecular flexibility index (Phi) is 3.97. The number of carbonyl (C=O) groups is 1. The minimum atomic E-state index is -0.401. The fourth-order valence-electron chi connectivity index (χ4n) is 1.33. The van der Waals surface area contributed by atoms with Gasteiger partial charge in [0.25, 0.3) is 0 Å². The van der Waals surface area contributed by atoms with Crippen LogP contribution in [0.1, 0.15) is 27.2 Å². The summed E-state index contributed by atoms with van der Waals surface area (Å²) in [6.07, 6.45) is 1.05. The van der Waals surface area contributed by atoms with Gasteiger partial charge >= 0.3 is 6.09 Å². The van der Waals surface area contributed by atoms with Crippen LogP contribution in [0.4, 0.5) is 4.79 Å². The molecule has 1 saturated heterocycles. The summed E-state index contributed by atoms with van der Waals surface area (Å²) < 4.78 is 5.25. The number of nitrogens with zero attached hydrogens (tertiary/aromatic N) is 2. The van der Waals surface area contributed by atoms with Gasteiger partial charge in [0.2, 0.25) is 0 Å². The van der Waals surface area contributed by atoms with Crippen LogP contribution in [0.25, 0.3) is 0 Å². The molecule has 0 atom stereocenters. The molecule has 1 aliphatic rings. The van der Waals surface area contributed by atoms with Gasteiger partial charge in [0.05, 0.1) is 0 Å². The molecule has 4 nitrogen and oxygen atoms in total. The first-order chi connectivity index (χ1) is 6.88. The van der Waals surface area contributed by atoms with Crippen LogP contribution < -0.4 is 0 Å². The van der Waals surface area contributed by atoms with Crippen molar-refractivity contribution in [2.45, 2.75) is 32.8 Å². The quantitative estimate of drug-likeness (QED) is 0.714. The van der Waals surface area contributed by atoms with Crippen LogP contribution >= 0.6 is 0 Å². The molecule has 4 heteroatoms. The number of hydrogen-bond donors (Lipinski definition) is 0. The molecular weight excluding hydrogens is 192 g/mol. The Bertz CT molecular complexity index is 219. The molecule has 0 aromatic carbocycles. The summed E-state index contributed by atoms with van der Waals surface area (Å²) in [5, 5.41) is 0. The highest BCUT2D eigenvalue weighted by Gasteiger charge is 2.20. The van der Waals surface area contributed by atoms with Crippen molar-refractivity contribution in [2.24, 2.45) is 0 Å². The lowest BCUT2D eigenvalue weighted by atomic mass is 10.2. The minimum absolute atomic E-state index is 0.233. The van der Waals surface area contributed by atoms with Crippen molar-refractivity contribution in [1.29, 1.82) is 0 Å². The van der Waals surface area contributed by atoms with E-state index in [1.807, 2.05) is 20.8 Å². The maximum Gasteiger partial charge on any atom is 0.410 e. The fourth-order valence-corrected chi connectivity index (χ4v) is 1.33.